The number of thioether (sulfide) groups is 1. The average molecular weight is 521 g/mol. The minimum atomic E-state index is -0.592. The number of anilines is 2. The predicted octanol–water partition coefficient (Wildman–Crippen LogP) is 4.17. The Hall–Kier alpha value is -4.31. The van der Waals surface area contributed by atoms with Crippen molar-refractivity contribution in [3.05, 3.63) is 77.9 Å². The molecule has 1 heterocycles. The van der Waals surface area contributed by atoms with E-state index in [1.54, 1.807) is 54.6 Å². The molecule has 1 aliphatic rings. The summed E-state index contributed by atoms with van der Waals surface area (Å²) in [6, 6.07) is 18.2. The van der Waals surface area contributed by atoms with Crippen molar-refractivity contribution >= 4 is 46.8 Å². The van der Waals surface area contributed by atoms with Crippen LogP contribution in [-0.4, -0.2) is 50.3 Å². The molecule has 1 unspecified atom stereocenters. The highest BCUT2D eigenvalue weighted by molar-refractivity contribution is 8.00. The smallest absolute Gasteiger partial charge is 0.337 e. The highest BCUT2D eigenvalue weighted by atomic mass is 32.2. The van der Waals surface area contributed by atoms with Gasteiger partial charge in [0.15, 0.2) is 0 Å². The third kappa shape index (κ3) is 5.44. The Morgan fingerprint density at radius 1 is 0.892 bits per heavy atom. The number of benzene rings is 3. The molecule has 37 heavy (non-hydrogen) atoms. The van der Waals surface area contributed by atoms with Crippen molar-refractivity contribution < 1.29 is 33.4 Å². The van der Waals surface area contributed by atoms with Gasteiger partial charge < -0.3 is 19.5 Å². The number of carbonyl (C=O) groups is 4. The minimum Gasteiger partial charge on any atom is -0.496 e. The standard InChI is InChI=1S/C27H24N2O7S/c1-34-20-5-4-6-21(35-2)24(20)25(31)28-17-9-13-19(14-10-17)37-22-15-23(30)29(26(22)32)18-11-7-16(8-12-18)27(33)36-3/h4-14,22H,15H2,1-3H3,(H,28,31). The molecule has 9 nitrogen and oxygen atoms in total. The number of carbonyl (C=O) groups excluding carboxylic acids is 4. The van der Waals surface area contributed by atoms with Crippen LogP contribution in [0.1, 0.15) is 27.1 Å². The molecule has 3 aromatic carbocycles. The third-order valence-electron chi connectivity index (χ3n) is 5.70. The summed E-state index contributed by atoms with van der Waals surface area (Å²) < 4.78 is 15.3. The van der Waals surface area contributed by atoms with Crippen LogP contribution in [0, 0.1) is 0 Å². The zero-order chi connectivity index (χ0) is 26.5. The first-order valence-corrected chi connectivity index (χ1v) is 12.1. The number of methoxy groups -OCH3 is 3. The minimum absolute atomic E-state index is 0.0499. The van der Waals surface area contributed by atoms with E-state index in [1.807, 2.05) is 0 Å². The Bertz CT molecular complexity index is 1320. The molecular weight excluding hydrogens is 496 g/mol. The van der Waals surface area contributed by atoms with E-state index < -0.39 is 11.2 Å². The van der Waals surface area contributed by atoms with Crippen LogP contribution < -0.4 is 19.7 Å². The fourth-order valence-corrected chi connectivity index (χ4v) is 4.94. The number of nitrogens with zero attached hydrogens (tertiary/aromatic N) is 1. The maximum absolute atomic E-state index is 13.0. The quantitative estimate of drug-likeness (QED) is 0.348. The van der Waals surface area contributed by atoms with Crippen LogP contribution in [0.5, 0.6) is 11.5 Å². The van der Waals surface area contributed by atoms with E-state index in [4.69, 9.17) is 9.47 Å². The summed E-state index contributed by atoms with van der Waals surface area (Å²) in [4.78, 5) is 52.0. The average Bonchev–Trinajstić information content (AvgIpc) is 3.20. The highest BCUT2D eigenvalue weighted by Crippen LogP contribution is 2.35. The molecule has 0 aromatic heterocycles. The lowest BCUT2D eigenvalue weighted by Gasteiger charge is -2.15. The Balaban J connectivity index is 1.42. The molecule has 1 fully saturated rings. The van der Waals surface area contributed by atoms with Crippen LogP contribution in [0.3, 0.4) is 0 Å². The van der Waals surface area contributed by atoms with E-state index in [0.717, 1.165) is 9.80 Å². The molecule has 190 valence electrons. The molecule has 3 aromatic rings. The molecule has 0 spiro atoms. The summed E-state index contributed by atoms with van der Waals surface area (Å²) in [6.45, 7) is 0. The summed E-state index contributed by atoms with van der Waals surface area (Å²) in [7, 11) is 4.24. The molecule has 0 saturated carbocycles. The van der Waals surface area contributed by atoms with Gasteiger partial charge in [-0.3, -0.25) is 14.4 Å². The largest absolute Gasteiger partial charge is 0.496 e. The Morgan fingerprint density at radius 3 is 2.08 bits per heavy atom. The van der Waals surface area contributed by atoms with Gasteiger partial charge in [-0.25, -0.2) is 9.69 Å². The predicted molar refractivity (Wildman–Crippen MR) is 138 cm³/mol. The lowest BCUT2D eigenvalue weighted by atomic mass is 10.1. The molecule has 4 rings (SSSR count). The summed E-state index contributed by atoms with van der Waals surface area (Å²) in [5.41, 5.74) is 1.55. The number of amides is 3. The highest BCUT2D eigenvalue weighted by Gasteiger charge is 2.40. The number of ether oxygens (including phenoxy) is 3. The van der Waals surface area contributed by atoms with Crippen molar-refractivity contribution in [2.24, 2.45) is 0 Å². The fourth-order valence-electron chi connectivity index (χ4n) is 3.88. The fraction of sp³-hybridized carbons (Fsp3) is 0.185. The van der Waals surface area contributed by atoms with Crippen molar-refractivity contribution in [3.8, 4) is 11.5 Å². The third-order valence-corrected chi connectivity index (χ3v) is 6.89. The Morgan fingerprint density at radius 2 is 1.51 bits per heavy atom. The first-order chi connectivity index (χ1) is 17.9. The van der Waals surface area contributed by atoms with E-state index in [2.05, 4.69) is 10.1 Å². The van der Waals surface area contributed by atoms with E-state index in [9.17, 15) is 19.2 Å². The van der Waals surface area contributed by atoms with E-state index in [0.29, 0.717) is 28.4 Å². The topological polar surface area (TPSA) is 111 Å². The van der Waals surface area contributed by atoms with Gasteiger partial charge in [0, 0.05) is 17.0 Å². The van der Waals surface area contributed by atoms with Gasteiger partial charge >= 0.3 is 5.97 Å². The molecule has 1 N–H and O–H groups in total. The van der Waals surface area contributed by atoms with Crippen LogP contribution in [0.2, 0.25) is 0 Å². The number of hydrogen-bond donors (Lipinski definition) is 1. The van der Waals surface area contributed by atoms with E-state index >= 15 is 0 Å². The lowest BCUT2D eigenvalue weighted by Crippen LogP contribution is -2.31. The van der Waals surface area contributed by atoms with Gasteiger partial charge in [0.1, 0.15) is 17.1 Å². The van der Waals surface area contributed by atoms with Gasteiger partial charge in [-0.15, -0.1) is 11.8 Å². The SMILES string of the molecule is COC(=O)c1ccc(N2C(=O)CC(Sc3ccc(NC(=O)c4c(OC)cccc4OC)cc3)C2=O)cc1. The van der Waals surface area contributed by atoms with Gasteiger partial charge in [-0.1, -0.05) is 6.07 Å². The summed E-state index contributed by atoms with van der Waals surface area (Å²) in [5, 5.41) is 2.23. The molecule has 1 aliphatic heterocycles. The molecule has 3 amide bonds. The number of imide groups is 1. The van der Waals surface area contributed by atoms with Crippen molar-refractivity contribution in [2.75, 3.05) is 31.5 Å². The monoisotopic (exact) mass is 520 g/mol. The first-order valence-electron chi connectivity index (χ1n) is 11.2. The molecular formula is C27H24N2O7S. The van der Waals surface area contributed by atoms with Gasteiger partial charge in [0.25, 0.3) is 5.91 Å². The number of nitrogens with one attached hydrogen (secondary N) is 1. The van der Waals surface area contributed by atoms with Gasteiger partial charge in [0.05, 0.1) is 37.8 Å². The maximum atomic E-state index is 13.0. The Labute approximate surface area is 217 Å². The summed E-state index contributed by atoms with van der Waals surface area (Å²) in [6.07, 6.45) is 0.0499. The number of hydrogen-bond acceptors (Lipinski definition) is 8. The van der Waals surface area contributed by atoms with Crippen LogP contribution in [-0.2, 0) is 14.3 Å². The van der Waals surface area contributed by atoms with Crippen LogP contribution >= 0.6 is 11.8 Å². The second-order valence-electron chi connectivity index (χ2n) is 7.93. The zero-order valence-corrected chi connectivity index (χ0v) is 21.2. The zero-order valence-electron chi connectivity index (χ0n) is 20.3. The van der Waals surface area contributed by atoms with Crippen molar-refractivity contribution in [2.45, 2.75) is 16.6 Å². The maximum Gasteiger partial charge on any atom is 0.337 e. The number of esters is 1. The molecule has 0 aliphatic carbocycles. The van der Waals surface area contributed by atoms with E-state index in [-0.39, 0.29) is 29.7 Å². The van der Waals surface area contributed by atoms with Crippen molar-refractivity contribution in [1.29, 1.82) is 0 Å². The molecule has 10 heteroatoms. The van der Waals surface area contributed by atoms with Gasteiger partial charge in [-0.05, 0) is 60.7 Å². The second kappa shape index (κ2) is 11.2. The summed E-state index contributed by atoms with van der Waals surface area (Å²) in [5.74, 6) is -0.763. The number of rotatable bonds is 8. The van der Waals surface area contributed by atoms with Crippen molar-refractivity contribution in [1.82, 2.24) is 0 Å². The molecule has 0 bridgehead atoms. The first kappa shape index (κ1) is 25.8. The summed E-state index contributed by atoms with van der Waals surface area (Å²) >= 11 is 1.27. The van der Waals surface area contributed by atoms with Gasteiger partial charge in [-0.2, -0.15) is 0 Å². The van der Waals surface area contributed by atoms with E-state index in [1.165, 1.54) is 45.2 Å². The van der Waals surface area contributed by atoms with Crippen LogP contribution in [0.25, 0.3) is 0 Å². The lowest BCUT2D eigenvalue weighted by molar-refractivity contribution is -0.121. The normalized spacial score (nSPS) is 14.9. The molecule has 1 atom stereocenters. The second-order valence-corrected chi connectivity index (χ2v) is 9.21. The van der Waals surface area contributed by atoms with Crippen LogP contribution in [0.15, 0.2) is 71.6 Å². The van der Waals surface area contributed by atoms with Gasteiger partial charge in [0.2, 0.25) is 11.8 Å². The Kier molecular flexibility index (Phi) is 7.78. The molecule has 0 radical (unpaired) electrons. The molecule has 1 saturated heterocycles. The van der Waals surface area contributed by atoms with Crippen molar-refractivity contribution in [3.63, 3.8) is 0 Å². The van der Waals surface area contributed by atoms with Crippen LogP contribution in [0.4, 0.5) is 11.4 Å².